The summed E-state index contributed by atoms with van der Waals surface area (Å²) in [6.07, 6.45) is 1.78. The molecule has 0 fully saturated rings. The first-order valence-electron chi connectivity index (χ1n) is 4.92. The van der Waals surface area contributed by atoms with Crippen molar-refractivity contribution in [1.29, 1.82) is 0 Å². The van der Waals surface area contributed by atoms with Gasteiger partial charge in [-0.3, -0.25) is 0 Å². The third-order valence-electron chi connectivity index (χ3n) is 2.65. The number of aryl methyl sites for hydroxylation is 1. The van der Waals surface area contributed by atoms with Crippen molar-refractivity contribution in [2.24, 2.45) is 0 Å². The first kappa shape index (κ1) is 10.1. The van der Waals surface area contributed by atoms with Gasteiger partial charge in [0.25, 0.3) is 0 Å². The minimum absolute atomic E-state index is 0.215. The molecule has 0 saturated carbocycles. The molecule has 1 unspecified atom stereocenters. The number of fused-ring (bicyclic) bond motifs is 1. The second-order valence-corrected chi connectivity index (χ2v) is 3.75. The molecule has 0 saturated heterocycles. The molecule has 0 radical (unpaired) electrons. The first-order chi connectivity index (χ1) is 7.20. The largest absolute Gasteiger partial charge is 0.486 e. The zero-order valence-electron chi connectivity index (χ0n) is 8.47. The summed E-state index contributed by atoms with van der Waals surface area (Å²) in [6, 6.07) is 4.43. The van der Waals surface area contributed by atoms with Crippen LogP contribution >= 0.6 is 0 Å². The second kappa shape index (κ2) is 4.01. The quantitative estimate of drug-likeness (QED) is 0.690. The van der Waals surface area contributed by atoms with Gasteiger partial charge in [0.1, 0.15) is 17.7 Å². The number of benzene rings is 1. The highest BCUT2D eigenvalue weighted by Crippen LogP contribution is 2.30. The summed E-state index contributed by atoms with van der Waals surface area (Å²) in [4.78, 5) is 0. The smallest absolute Gasteiger partial charge is 0.123 e. The Balaban J connectivity index is 2.24. The van der Waals surface area contributed by atoms with Gasteiger partial charge in [-0.05, 0) is 49.1 Å². The Labute approximate surface area is 87.4 Å². The lowest BCUT2D eigenvalue weighted by molar-refractivity contribution is 0.205. The fourth-order valence-electron chi connectivity index (χ4n) is 1.75. The van der Waals surface area contributed by atoms with Gasteiger partial charge in [-0.25, -0.2) is 8.78 Å². The Morgan fingerprint density at radius 1 is 1.53 bits per heavy atom. The van der Waals surface area contributed by atoms with E-state index in [0.29, 0.717) is 24.1 Å². The molecule has 0 spiro atoms. The molecule has 1 aliphatic rings. The summed E-state index contributed by atoms with van der Waals surface area (Å²) >= 11 is 0. The van der Waals surface area contributed by atoms with Crippen LogP contribution in [0, 0.1) is 5.82 Å². The fourth-order valence-corrected chi connectivity index (χ4v) is 1.75. The van der Waals surface area contributed by atoms with Crippen LogP contribution in [0.1, 0.15) is 18.9 Å². The Morgan fingerprint density at radius 3 is 3.07 bits per heavy atom. The molecular formula is C12H12F2O. The summed E-state index contributed by atoms with van der Waals surface area (Å²) in [5, 5.41) is 0. The summed E-state index contributed by atoms with van der Waals surface area (Å²) in [7, 11) is 0. The molecule has 1 aromatic carbocycles. The van der Waals surface area contributed by atoms with E-state index in [1.165, 1.54) is 12.1 Å². The molecule has 2 rings (SSSR count). The molecule has 1 aliphatic heterocycles. The zero-order chi connectivity index (χ0) is 10.8. The van der Waals surface area contributed by atoms with Crippen LogP contribution in [0.3, 0.4) is 0 Å². The fraction of sp³-hybridized carbons (Fsp3) is 0.333. The van der Waals surface area contributed by atoms with Crippen LogP contribution < -0.4 is 4.74 Å². The topological polar surface area (TPSA) is 9.23 Å². The lowest BCUT2D eigenvalue weighted by Crippen LogP contribution is -2.23. The third kappa shape index (κ3) is 2.01. The Hall–Kier alpha value is -1.38. The van der Waals surface area contributed by atoms with Gasteiger partial charge in [0.2, 0.25) is 0 Å². The summed E-state index contributed by atoms with van der Waals surface area (Å²) in [6.45, 7) is 1.69. The van der Waals surface area contributed by atoms with Crippen LogP contribution in [0.5, 0.6) is 5.75 Å². The second-order valence-electron chi connectivity index (χ2n) is 3.75. The Morgan fingerprint density at radius 2 is 2.33 bits per heavy atom. The summed E-state index contributed by atoms with van der Waals surface area (Å²) < 4.78 is 30.8. The normalized spacial score (nSPS) is 20.7. The maximum Gasteiger partial charge on any atom is 0.123 e. The standard InChI is InChI=1S/C12H12F2O/c1-8(7-13)11-4-2-9-6-10(14)3-5-12(9)15-11/h3,5-7,11H,2,4H2,1H3/b8-7-. The van der Waals surface area contributed by atoms with Crippen molar-refractivity contribution in [3.63, 3.8) is 0 Å². The molecular weight excluding hydrogens is 198 g/mol. The monoisotopic (exact) mass is 210 g/mol. The summed E-state index contributed by atoms with van der Waals surface area (Å²) in [5.74, 6) is 0.405. The number of halogens is 2. The van der Waals surface area contributed by atoms with Gasteiger partial charge in [-0.2, -0.15) is 0 Å². The van der Waals surface area contributed by atoms with Gasteiger partial charge in [-0.1, -0.05) is 0 Å². The lowest BCUT2D eigenvalue weighted by Gasteiger charge is -2.26. The molecule has 3 heteroatoms. The molecule has 0 N–H and O–H groups in total. The molecule has 0 aliphatic carbocycles. The van der Waals surface area contributed by atoms with Crippen molar-refractivity contribution in [3.8, 4) is 5.75 Å². The van der Waals surface area contributed by atoms with Crippen LogP contribution in [-0.2, 0) is 6.42 Å². The van der Waals surface area contributed by atoms with Gasteiger partial charge in [0.05, 0.1) is 6.33 Å². The molecule has 0 aromatic heterocycles. The number of hydrogen-bond donors (Lipinski definition) is 0. The number of rotatable bonds is 1. The van der Waals surface area contributed by atoms with E-state index in [-0.39, 0.29) is 11.9 Å². The van der Waals surface area contributed by atoms with Crippen molar-refractivity contribution >= 4 is 0 Å². The highest BCUT2D eigenvalue weighted by molar-refractivity contribution is 5.36. The average Bonchev–Trinajstić information content (AvgIpc) is 2.27. The van der Waals surface area contributed by atoms with Gasteiger partial charge in [-0.15, -0.1) is 0 Å². The van der Waals surface area contributed by atoms with Crippen LogP contribution in [-0.4, -0.2) is 6.10 Å². The average molecular weight is 210 g/mol. The predicted molar refractivity (Wildman–Crippen MR) is 54.0 cm³/mol. The number of hydrogen-bond acceptors (Lipinski definition) is 1. The van der Waals surface area contributed by atoms with Gasteiger partial charge in [0, 0.05) is 0 Å². The van der Waals surface area contributed by atoms with Crippen molar-refractivity contribution < 1.29 is 13.5 Å². The van der Waals surface area contributed by atoms with Gasteiger partial charge < -0.3 is 4.74 Å². The minimum Gasteiger partial charge on any atom is -0.486 e. The number of ether oxygens (including phenoxy) is 1. The Bertz CT molecular complexity index is 399. The van der Waals surface area contributed by atoms with Gasteiger partial charge in [0.15, 0.2) is 0 Å². The van der Waals surface area contributed by atoms with Crippen molar-refractivity contribution in [2.75, 3.05) is 0 Å². The van der Waals surface area contributed by atoms with Crippen LogP contribution in [0.2, 0.25) is 0 Å². The predicted octanol–water partition coefficient (Wildman–Crippen LogP) is 3.39. The first-order valence-corrected chi connectivity index (χ1v) is 4.92. The molecule has 1 heterocycles. The van der Waals surface area contributed by atoms with Crippen LogP contribution in [0.25, 0.3) is 0 Å². The van der Waals surface area contributed by atoms with E-state index in [1.807, 2.05) is 0 Å². The minimum atomic E-state index is -0.256. The zero-order valence-corrected chi connectivity index (χ0v) is 8.47. The lowest BCUT2D eigenvalue weighted by atomic mass is 9.99. The van der Waals surface area contributed by atoms with Crippen molar-refractivity contribution in [2.45, 2.75) is 25.9 Å². The van der Waals surface area contributed by atoms with Crippen LogP contribution in [0.4, 0.5) is 8.78 Å². The van der Waals surface area contributed by atoms with Crippen molar-refractivity contribution in [1.82, 2.24) is 0 Å². The van der Waals surface area contributed by atoms with E-state index in [1.54, 1.807) is 13.0 Å². The van der Waals surface area contributed by atoms with E-state index < -0.39 is 0 Å². The maximum absolute atomic E-state index is 12.9. The maximum atomic E-state index is 12.9. The van der Waals surface area contributed by atoms with Crippen LogP contribution in [0.15, 0.2) is 30.1 Å². The Kier molecular flexibility index (Phi) is 2.71. The molecule has 1 atom stereocenters. The van der Waals surface area contributed by atoms with E-state index in [0.717, 1.165) is 12.0 Å². The summed E-state index contributed by atoms with van der Waals surface area (Å²) in [5.41, 5.74) is 1.43. The molecule has 80 valence electrons. The molecule has 15 heavy (non-hydrogen) atoms. The van der Waals surface area contributed by atoms with Gasteiger partial charge >= 0.3 is 0 Å². The molecule has 0 amide bonds. The highest BCUT2D eigenvalue weighted by Gasteiger charge is 2.21. The van der Waals surface area contributed by atoms with Crippen molar-refractivity contribution in [3.05, 3.63) is 41.5 Å². The van der Waals surface area contributed by atoms with E-state index >= 15 is 0 Å². The molecule has 0 bridgehead atoms. The molecule has 1 nitrogen and oxygen atoms in total. The highest BCUT2D eigenvalue weighted by atomic mass is 19.1. The SMILES string of the molecule is C/C(=C/F)C1CCc2cc(F)ccc2O1. The van der Waals surface area contributed by atoms with E-state index in [2.05, 4.69) is 0 Å². The van der Waals surface area contributed by atoms with E-state index in [9.17, 15) is 8.78 Å². The van der Waals surface area contributed by atoms with E-state index in [4.69, 9.17) is 4.74 Å². The third-order valence-corrected chi connectivity index (χ3v) is 2.65. The molecule has 1 aromatic rings.